The maximum absolute atomic E-state index is 12.7. The van der Waals surface area contributed by atoms with Crippen molar-refractivity contribution in [2.24, 2.45) is 0 Å². The fourth-order valence-corrected chi connectivity index (χ4v) is 8.16. The molecule has 5 nitrogen and oxygen atoms in total. The van der Waals surface area contributed by atoms with E-state index in [0.29, 0.717) is 18.6 Å². The first-order valence-electron chi connectivity index (χ1n) is 16.7. The lowest BCUT2D eigenvalue weighted by molar-refractivity contribution is -0.123. The van der Waals surface area contributed by atoms with Crippen LogP contribution in [-0.4, -0.2) is 54.4 Å². The molecule has 1 rings (SSSR count). The molecule has 0 spiro atoms. The molecule has 1 heterocycles. The zero-order valence-electron chi connectivity index (χ0n) is 26.9. The molecular formula is C33H66N2O3S. The Morgan fingerprint density at radius 1 is 0.667 bits per heavy atom. The van der Waals surface area contributed by atoms with Gasteiger partial charge in [0.25, 0.3) is 0 Å². The normalized spacial score (nSPS) is 17.9. The van der Waals surface area contributed by atoms with E-state index in [0.717, 1.165) is 51.5 Å². The van der Waals surface area contributed by atoms with Crippen LogP contribution in [0.15, 0.2) is 0 Å². The van der Waals surface area contributed by atoms with Gasteiger partial charge in [0.05, 0.1) is 11.5 Å². The number of carbonyl (C=O) groups is 1. The third-order valence-electron chi connectivity index (χ3n) is 8.72. The average Bonchev–Trinajstić information content (AvgIpc) is 2.83. The predicted octanol–water partition coefficient (Wildman–Crippen LogP) is 8.60. The Morgan fingerprint density at radius 2 is 1.08 bits per heavy atom. The fraction of sp³-hybridized carbons (Fsp3) is 0.970. The van der Waals surface area contributed by atoms with Crippen molar-refractivity contribution in [2.45, 2.75) is 187 Å². The van der Waals surface area contributed by atoms with E-state index >= 15 is 0 Å². The number of hydrogen-bond donors (Lipinski definition) is 1. The van der Waals surface area contributed by atoms with Gasteiger partial charge in [0.1, 0.15) is 9.84 Å². The minimum Gasteiger partial charge on any atom is -0.353 e. The maximum Gasteiger partial charge on any atom is 0.220 e. The summed E-state index contributed by atoms with van der Waals surface area (Å²) >= 11 is 0. The zero-order valence-corrected chi connectivity index (χ0v) is 27.7. The largest absolute Gasteiger partial charge is 0.353 e. The molecule has 0 radical (unpaired) electrons. The first kappa shape index (κ1) is 36.4. The van der Waals surface area contributed by atoms with Crippen molar-refractivity contribution in [1.82, 2.24) is 10.2 Å². The molecule has 0 aliphatic carbocycles. The van der Waals surface area contributed by atoms with E-state index in [1.165, 1.54) is 70.6 Å². The molecule has 232 valence electrons. The molecule has 1 saturated heterocycles. The first-order chi connectivity index (χ1) is 18.4. The number of piperidine rings is 1. The van der Waals surface area contributed by atoms with Gasteiger partial charge in [0, 0.05) is 30.1 Å². The summed E-state index contributed by atoms with van der Waals surface area (Å²) < 4.78 is 25.4. The van der Waals surface area contributed by atoms with Crippen molar-refractivity contribution in [2.75, 3.05) is 18.1 Å². The topological polar surface area (TPSA) is 66.5 Å². The van der Waals surface area contributed by atoms with Crippen molar-refractivity contribution in [3.8, 4) is 0 Å². The summed E-state index contributed by atoms with van der Waals surface area (Å²) in [7, 11) is -2.99. The van der Waals surface area contributed by atoms with Gasteiger partial charge in [-0.15, -0.1) is 0 Å². The number of amides is 1. The number of rotatable bonds is 23. The molecule has 0 atom stereocenters. The predicted molar refractivity (Wildman–Crippen MR) is 169 cm³/mol. The van der Waals surface area contributed by atoms with E-state index in [4.69, 9.17) is 0 Å². The van der Waals surface area contributed by atoms with E-state index in [9.17, 15) is 13.2 Å². The lowest BCUT2D eigenvalue weighted by Gasteiger charge is -2.55. The minimum absolute atomic E-state index is 0.0832. The maximum atomic E-state index is 12.7. The summed E-state index contributed by atoms with van der Waals surface area (Å²) in [4.78, 5) is 15.1. The minimum atomic E-state index is -2.99. The molecule has 6 heteroatoms. The fourth-order valence-electron chi connectivity index (χ4n) is 6.75. The summed E-state index contributed by atoms with van der Waals surface area (Å²) in [5.41, 5.74) is -0.166. The van der Waals surface area contributed by atoms with Gasteiger partial charge >= 0.3 is 0 Å². The van der Waals surface area contributed by atoms with Crippen LogP contribution in [0.5, 0.6) is 0 Å². The number of nitrogens with zero attached hydrogens (tertiary/aromatic N) is 1. The molecule has 0 unspecified atom stereocenters. The van der Waals surface area contributed by atoms with Gasteiger partial charge in [-0.1, -0.05) is 104 Å². The molecule has 1 aliphatic heterocycles. The summed E-state index contributed by atoms with van der Waals surface area (Å²) in [6.45, 7) is 14.3. The number of nitrogens with one attached hydrogen (secondary N) is 1. The molecule has 0 saturated carbocycles. The second-order valence-corrected chi connectivity index (χ2v) is 16.0. The second kappa shape index (κ2) is 19.5. The molecule has 1 aliphatic rings. The lowest BCUT2D eigenvalue weighted by Crippen LogP contribution is -2.64. The van der Waals surface area contributed by atoms with Crippen molar-refractivity contribution in [3.63, 3.8) is 0 Å². The van der Waals surface area contributed by atoms with Crippen LogP contribution in [0.4, 0.5) is 0 Å². The monoisotopic (exact) mass is 570 g/mol. The summed E-state index contributed by atoms with van der Waals surface area (Å²) in [6, 6.07) is 0.180. The molecule has 0 aromatic carbocycles. The molecular weight excluding hydrogens is 504 g/mol. The third-order valence-corrected chi connectivity index (χ3v) is 10.5. The Morgan fingerprint density at radius 3 is 1.56 bits per heavy atom. The van der Waals surface area contributed by atoms with Crippen molar-refractivity contribution < 1.29 is 13.2 Å². The molecule has 1 N–H and O–H groups in total. The number of sulfone groups is 1. The van der Waals surface area contributed by atoms with Gasteiger partial charge in [-0.25, -0.2) is 8.42 Å². The van der Waals surface area contributed by atoms with Crippen LogP contribution in [0.2, 0.25) is 0 Å². The van der Waals surface area contributed by atoms with Crippen molar-refractivity contribution in [1.29, 1.82) is 0 Å². The summed E-state index contributed by atoms with van der Waals surface area (Å²) in [5.74, 6) is 0.808. The quantitative estimate of drug-likeness (QED) is 0.125. The van der Waals surface area contributed by atoms with E-state index < -0.39 is 9.84 Å². The zero-order chi connectivity index (χ0) is 29.2. The number of carbonyl (C=O) groups excluding carboxylic acids is 1. The molecule has 0 aromatic heterocycles. The van der Waals surface area contributed by atoms with Gasteiger partial charge in [-0.2, -0.15) is 0 Å². The van der Waals surface area contributed by atoms with E-state index in [2.05, 4.69) is 51.8 Å². The highest BCUT2D eigenvalue weighted by Crippen LogP contribution is 2.38. The van der Waals surface area contributed by atoms with E-state index in [1.807, 2.05) is 0 Å². The highest BCUT2D eigenvalue weighted by molar-refractivity contribution is 7.91. The summed E-state index contributed by atoms with van der Waals surface area (Å²) in [5, 5.41) is 3.32. The Labute approximate surface area is 244 Å². The van der Waals surface area contributed by atoms with E-state index in [-0.39, 0.29) is 28.8 Å². The van der Waals surface area contributed by atoms with Gasteiger partial charge in [-0.3, -0.25) is 9.69 Å². The standard InChI is InChI=1S/C33H66N2O3S/c1-7-9-11-13-15-16-17-18-20-22-26-39(37,38)27-23-25-35-32(3,4)28-30(29-33(35,5)6)34-31(36)24-21-19-14-12-10-8-2/h30H,7-29H2,1-6H3,(H,34,36). The Hall–Kier alpha value is -0.620. The van der Waals surface area contributed by atoms with Crippen LogP contribution in [-0.2, 0) is 14.6 Å². The van der Waals surface area contributed by atoms with Crippen molar-refractivity contribution in [3.05, 3.63) is 0 Å². The van der Waals surface area contributed by atoms with Crippen LogP contribution in [0, 0.1) is 0 Å². The van der Waals surface area contributed by atoms with Gasteiger partial charge in [-0.05, 0) is 59.8 Å². The number of likely N-dealkylation sites (tertiary alicyclic amines) is 1. The summed E-state index contributed by atoms with van der Waals surface area (Å²) in [6.07, 6.45) is 22.5. The van der Waals surface area contributed by atoms with Crippen LogP contribution >= 0.6 is 0 Å². The molecule has 1 fully saturated rings. The van der Waals surface area contributed by atoms with E-state index in [1.54, 1.807) is 0 Å². The molecule has 0 aromatic rings. The van der Waals surface area contributed by atoms with Gasteiger partial charge < -0.3 is 5.32 Å². The first-order valence-corrected chi connectivity index (χ1v) is 18.5. The SMILES string of the molecule is CCCCCCCCCCCCS(=O)(=O)CCCN1C(C)(C)CC(NC(=O)CCCCCCCC)CC1(C)C. The molecule has 39 heavy (non-hydrogen) atoms. The lowest BCUT2D eigenvalue weighted by atomic mass is 9.76. The molecule has 0 bridgehead atoms. The van der Waals surface area contributed by atoms with Crippen LogP contribution < -0.4 is 5.32 Å². The van der Waals surface area contributed by atoms with Crippen molar-refractivity contribution >= 4 is 15.7 Å². The average molecular weight is 571 g/mol. The second-order valence-electron chi connectivity index (χ2n) is 13.7. The Kier molecular flexibility index (Phi) is 18.2. The number of unbranched alkanes of at least 4 members (excludes halogenated alkanes) is 14. The van der Waals surface area contributed by atoms with Gasteiger partial charge in [0.15, 0.2) is 0 Å². The van der Waals surface area contributed by atoms with Crippen LogP contribution in [0.25, 0.3) is 0 Å². The van der Waals surface area contributed by atoms with Crippen LogP contribution in [0.3, 0.4) is 0 Å². The Balaban J connectivity index is 2.33. The van der Waals surface area contributed by atoms with Gasteiger partial charge in [0.2, 0.25) is 5.91 Å². The molecule has 1 amide bonds. The number of hydrogen-bond acceptors (Lipinski definition) is 4. The third kappa shape index (κ3) is 16.4. The smallest absolute Gasteiger partial charge is 0.220 e. The van der Waals surface area contributed by atoms with Crippen LogP contribution in [0.1, 0.15) is 170 Å². The Bertz CT molecular complexity index is 730. The highest BCUT2D eigenvalue weighted by Gasteiger charge is 2.45. The highest BCUT2D eigenvalue weighted by atomic mass is 32.2.